The first-order chi connectivity index (χ1) is 9.25. The first-order valence-electron chi connectivity index (χ1n) is 6.27. The van der Waals surface area contributed by atoms with E-state index in [4.69, 9.17) is 0 Å². The van der Waals surface area contributed by atoms with Crippen molar-refractivity contribution in [3.05, 3.63) is 45.4 Å². The van der Waals surface area contributed by atoms with Crippen LogP contribution in [0.3, 0.4) is 0 Å². The van der Waals surface area contributed by atoms with Crippen molar-refractivity contribution in [3.8, 4) is 0 Å². The lowest BCUT2D eigenvalue weighted by Gasteiger charge is -2.11. The van der Waals surface area contributed by atoms with Gasteiger partial charge in [0.1, 0.15) is 9.48 Å². The molecular weight excluding hydrogens is 324 g/mol. The molecular formula is C14H13BrN2OS. The maximum atomic E-state index is 12.4. The van der Waals surface area contributed by atoms with Crippen LogP contribution in [0.1, 0.15) is 28.1 Å². The molecule has 3 nitrogen and oxygen atoms in total. The van der Waals surface area contributed by atoms with Gasteiger partial charge < -0.3 is 4.90 Å². The van der Waals surface area contributed by atoms with Gasteiger partial charge in [0.15, 0.2) is 5.13 Å². The maximum Gasteiger partial charge on any atom is 0.205 e. The lowest BCUT2D eigenvalue weighted by Crippen LogP contribution is -2.16. The summed E-state index contributed by atoms with van der Waals surface area (Å²) < 4.78 is 0.660. The number of carbonyl (C=O) groups excluding carboxylic acids is 1. The Balaban J connectivity index is 1.90. The average molecular weight is 337 g/mol. The molecule has 1 aliphatic rings. The number of thiazole rings is 1. The van der Waals surface area contributed by atoms with E-state index >= 15 is 0 Å². The number of aromatic nitrogens is 1. The highest BCUT2D eigenvalue weighted by Gasteiger charge is 2.22. The van der Waals surface area contributed by atoms with Gasteiger partial charge in [-0.25, -0.2) is 4.98 Å². The summed E-state index contributed by atoms with van der Waals surface area (Å²) in [5.74, 6) is 0.0374. The Hall–Kier alpha value is -1.20. The molecule has 5 heteroatoms. The molecule has 0 spiro atoms. The summed E-state index contributed by atoms with van der Waals surface area (Å²) in [7, 11) is 0. The van der Waals surface area contributed by atoms with E-state index < -0.39 is 0 Å². The van der Waals surface area contributed by atoms with Crippen molar-refractivity contribution in [2.24, 2.45) is 0 Å². The molecule has 1 aromatic carbocycles. The lowest BCUT2D eigenvalue weighted by atomic mass is 10.1. The number of carbonyl (C=O) groups is 1. The van der Waals surface area contributed by atoms with Gasteiger partial charge in [0.2, 0.25) is 5.78 Å². The van der Waals surface area contributed by atoms with Crippen molar-refractivity contribution < 1.29 is 4.79 Å². The predicted octanol–water partition coefficient (Wildman–Crippen LogP) is 3.74. The molecule has 1 saturated heterocycles. The van der Waals surface area contributed by atoms with Crippen LogP contribution in [0.2, 0.25) is 0 Å². The third kappa shape index (κ3) is 2.58. The van der Waals surface area contributed by atoms with Gasteiger partial charge in [-0.3, -0.25) is 4.79 Å². The number of halogens is 1. The van der Waals surface area contributed by atoms with Crippen molar-refractivity contribution in [2.75, 3.05) is 18.0 Å². The summed E-state index contributed by atoms with van der Waals surface area (Å²) in [6.07, 6.45) is 2.42. The van der Waals surface area contributed by atoms with E-state index in [0.29, 0.717) is 15.0 Å². The summed E-state index contributed by atoms with van der Waals surface area (Å²) >= 11 is 4.89. The fourth-order valence-electron chi connectivity index (χ4n) is 2.20. The molecule has 19 heavy (non-hydrogen) atoms. The molecule has 0 N–H and O–H groups in total. The molecule has 1 aromatic heterocycles. The van der Waals surface area contributed by atoms with Gasteiger partial charge in [0.25, 0.3) is 0 Å². The summed E-state index contributed by atoms with van der Waals surface area (Å²) in [5, 5.41) is 0.948. The number of anilines is 1. The van der Waals surface area contributed by atoms with E-state index in [9.17, 15) is 4.79 Å². The monoisotopic (exact) mass is 336 g/mol. The van der Waals surface area contributed by atoms with Crippen LogP contribution in [0.25, 0.3) is 0 Å². The van der Waals surface area contributed by atoms with Crippen LogP contribution < -0.4 is 4.90 Å². The summed E-state index contributed by atoms with van der Waals surface area (Å²) in [6.45, 7) is 2.08. The number of ketones is 1. The second-order valence-corrected chi connectivity index (χ2v) is 6.23. The van der Waals surface area contributed by atoms with E-state index in [1.807, 2.05) is 30.3 Å². The van der Waals surface area contributed by atoms with Crippen molar-refractivity contribution in [1.29, 1.82) is 0 Å². The molecule has 1 fully saturated rings. The third-order valence-corrected chi connectivity index (χ3v) is 5.14. The molecule has 2 heterocycles. The van der Waals surface area contributed by atoms with Crippen LogP contribution in [0.15, 0.2) is 34.9 Å². The van der Waals surface area contributed by atoms with Crippen LogP contribution in [0.5, 0.6) is 0 Å². The van der Waals surface area contributed by atoms with E-state index in [-0.39, 0.29) is 5.78 Å². The maximum absolute atomic E-state index is 12.4. The van der Waals surface area contributed by atoms with Crippen molar-refractivity contribution in [2.45, 2.75) is 12.8 Å². The van der Waals surface area contributed by atoms with Crippen LogP contribution in [-0.2, 0) is 0 Å². The topological polar surface area (TPSA) is 33.2 Å². The summed E-state index contributed by atoms with van der Waals surface area (Å²) in [5.41, 5.74) is 0.708. The Labute approximate surface area is 124 Å². The highest BCUT2D eigenvalue weighted by Crippen LogP contribution is 2.33. The molecule has 0 amide bonds. The van der Waals surface area contributed by atoms with Crippen molar-refractivity contribution >= 4 is 38.2 Å². The fourth-order valence-corrected chi connectivity index (χ4v) is 3.88. The van der Waals surface area contributed by atoms with Gasteiger partial charge in [0.05, 0.1) is 0 Å². The van der Waals surface area contributed by atoms with Crippen LogP contribution in [0.4, 0.5) is 5.13 Å². The Kier molecular flexibility index (Phi) is 3.66. The smallest absolute Gasteiger partial charge is 0.205 e. The van der Waals surface area contributed by atoms with E-state index in [2.05, 4.69) is 25.8 Å². The molecule has 0 saturated carbocycles. The van der Waals surface area contributed by atoms with Gasteiger partial charge >= 0.3 is 0 Å². The van der Waals surface area contributed by atoms with E-state index in [1.165, 1.54) is 24.2 Å². The molecule has 0 radical (unpaired) electrons. The van der Waals surface area contributed by atoms with Gasteiger partial charge in [-0.2, -0.15) is 0 Å². The Morgan fingerprint density at radius 1 is 1.21 bits per heavy atom. The summed E-state index contributed by atoms with van der Waals surface area (Å²) in [6, 6.07) is 9.34. The van der Waals surface area contributed by atoms with Gasteiger partial charge in [-0.05, 0) is 28.8 Å². The first-order valence-corrected chi connectivity index (χ1v) is 7.87. The lowest BCUT2D eigenvalue weighted by molar-refractivity contribution is 0.104. The van der Waals surface area contributed by atoms with Gasteiger partial charge in [-0.1, -0.05) is 41.7 Å². The second-order valence-electron chi connectivity index (χ2n) is 4.51. The SMILES string of the molecule is O=C(c1ccccc1)c1sc(N2CCCC2)nc1Br. The number of hydrogen-bond acceptors (Lipinski definition) is 4. The standard InChI is InChI=1S/C14H13BrN2OS/c15-13-12(11(18)10-6-2-1-3-7-10)19-14(16-13)17-8-4-5-9-17/h1-3,6-7H,4-5,8-9H2. The molecule has 0 unspecified atom stereocenters. The molecule has 98 valence electrons. The van der Waals surface area contributed by atoms with Crippen LogP contribution in [0, 0.1) is 0 Å². The zero-order chi connectivity index (χ0) is 13.2. The highest BCUT2D eigenvalue weighted by molar-refractivity contribution is 9.10. The second kappa shape index (κ2) is 5.43. The van der Waals surface area contributed by atoms with Crippen molar-refractivity contribution in [3.63, 3.8) is 0 Å². The first kappa shape index (κ1) is 12.8. The third-order valence-electron chi connectivity index (χ3n) is 3.19. The average Bonchev–Trinajstić information content (AvgIpc) is 3.08. The van der Waals surface area contributed by atoms with Crippen molar-refractivity contribution in [1.82, 2.24) is 4.98 Å². The Morgan fingerprint density at radius 2 is 1.89 bits per heavy atom. The highest BCUT2D eigenvalue weighted by atomic mass is 79.9. The minimum Gasteiger partial charge on any atom is -0.348 e. The Morgan fingerprint density at radius 3 is 2.58 bits per heavy atom. The van der Waals surface area contributed by atoms with E-state index in [0.717, 1.165) is 18.2 Å². The fraction of sp³-hybridized carbons (Fsp3) is 0.286. The zero-order valence-corrected chi connectivity index (χ0v) is 12.7. The number of benzene rings is 1. The minimum absolute atomic E-state index is 0.0374. The molecule has 0 bridgehead atoms. The number of nitrogens with zero attached hydrogens (tertiary/aromatic N) is 2. The molecule has 2 aromatic rings. The summed E-state index contributed by atoms with van der Waals surface area (Å²) in [4.78, 5) is 19.8. The normalized spacial score (nSPS) is 14.9. The molecule has 0 aliphatic carbocycles. The van der Waals surface area contributed by atoms with Gasteiger partial charge in [0, 0.05) is 18.7 Å². The van der Waals surface area contributed by atoms with E-state index in [1.54, 1.807) is 0 Å². The molecule has 3 rings (SSSR count). The van der Waals surface area contributed by atoms with Gasteiger partial charge in [-0.15, -0.1) is 0 Å². The van der Waals surface area contributed by atoms with Crippen LogP contribution in [-0.4, -0.2) is 23.9 Å². The number of rotatable bonds is 3. The Bertz CT molecular complexity index is 591. The quantitative estimate of drug-likeness (QED) is 0.800. The number of hydrogen-bond donors (Lipinski definition) is 0. The van der Waals surface area contributed by atoms with Crippen LogP contribution >= 0.6 is 27.3 Å². The molecule has 0 atom stereocenters. The molecule has 1 aliphatic heterocycles. The minimum atomic E-state index is 0.0374. The largest absolute Gasteiger partial charge is 0.348 e. The zero-order valence-electron chi connectivity index (χ0n) is 10.3. The predicted molar refractivity (Wildman–Crippen MR) is 81.1 cm³/mol.